The normalized spacial score (nSPS) is 12.1. The van der Waals surface area contributed by atoms with E-state index in [0.29, 0.717) is 19.3 Å². The van der Waals surface area contributed by atoms with Crippen molar-refractivity contribution < 1.29 is 28.6 Å². The number of hydrogen-bond donors (Lipinski definition) is 0. The summed E-state index contributed by atoms with van der Waals surface area (Å²) >= 11 is 0. The van der Waals surface area contributed by atoms with Crippen LogP contribution in [0.4, 0.5) is 0 Å². The van der Waals surface area contributed by atoms with Crippen molar-refractivity contribution in [1.82, 2.24) is 0 Å². The fourth-order valence-electron chi connectivity index (χ4n) is 9.30. The maximum atomic E-state index is 12.7. The molecule has 0 saturated carbocycles. The Morgan fingerprint density at radius 3 is 0.797 bits per heavy atom. The first-order valence-electron chi connectivity index (χ1n) is 30.8. The van der Waals surface area contributed by atoms with Crippen molar-refractivity contribution >= 4 is 17.9 Å². The molecule has 0 saturated heterocycles. The zero-order chi connectivity index (χ0) is 50.0. The molecule has 6 heteroatoms. The van der Waals surface area contributed by atoms with Crippen molar-refractivity contribution in [3.05, 3.63) is 24.3 Å². The second-order valence-electron chi connectivity index (χ2n) is 21.0. The SMILES string of the molecule is CCCCCCC/C=C\C/C=C\CCCCCCCCCCCCCCCCCCCCCCCC(=O)OCC(COC(=O)CCCCCCCC)OC(=O)CCCCCCCCCCCCCC. The smallest absolute Gasteiger partial charge is 0.306 e. The van der Waals surface area contributed by atoms with E-state index >= 15 is 0 Å². The molecule has 0 aromatic rings. The Morgan fingerprint density at radius 1 is 0.290 bits per heavy atom. The van der Waals surface area contributed by atoms with E-state index in [9.17, 15) is 14.4 Å². The molecule has 1 unspecified atom stereocenters. The summed E-state index contributed by atoms with van der Waals surface area (Å²) in [5.41, 5.74) is 0. The van der Waals surface area contributed by atoms with Crippen LogP contribution in [0.25, 0.3) is 0 Å². The molecule has 0 aromatic heterocycles. The number of esters is 3. The first kappa shape index (κ1) is 66.9. The van der Waals surface area contributed by atoms with Crippen LogP contribution in [0.1, 0.15) is 342 Å². The van der Waals surface area contributed by atoms with Crippen molar-refractivity contribution in [3.8, 4) is 0 Å². The lowest BCUT2D eigenvalue weighted by atomic mass is 10.0. The fourth-order valence-corrected chi connectivity index (χ4v) is 9.30. The van der Waals surface area contributed by atoms with Crippen LogP contribution in [0, 0.1) is 0 Å². The lowest BCUT2D eigenvalue weighted by Gasteiger charge is -2.18. The molecule has 406 valence electrons. The van der Waals surface area contributed by atoms with Crippen LogP contribution in [0.2, 0.25) is 0 Å². The highest BCUT2D eigenvalue weighted by molar-refractivity contribution is 5.71. The Kier molecular flexibility index (Phi) is 56.7. The number of unbranched alkanes of at least 4 members (excludes halogenated alkanes) is 42. The molecule has 0 aliphatic rings. The maximum absolute atomic E-state index is 12.7. The Labute approximate surface area is 430 Å². The van der Waals surface area contributed by atoms with Crippen LogP contribution in [-0.2, 0) is 28.6 Å². The van der Waals surface area contributed by atoms with E-state index in [1.165, 1.54) is 238 Å². The molecular weight excluding hydrogens is 853 g/mol. The molecule has 69 heavy (non-hydrogen) atoms. The van der Waals surface area contributed by atoms with Gasteiger partial charge in [-0.25, -0.2) is 0 Å². The van der Waals surface area contributed by atoms with E-state index < -0.39 is 6.10 Å². The Balaban J connectivity index is 3.87. The van der Waals surface area contributed by atoms with Gasteiger partial charge < -0.3 is 14.2 Å². The van der Waals surface area contributed by atoms with E-state index in [1.807, 2.05) is 0 Å². The van der Waals surface area contributed by atoms with Gasteiger partial charge in [-0.2, -0.15) is 0 Å². The lowest BCUT2D eigenvalue weighted by molar-refractivity contribution is -0.167. The number of allylic oxidation sites excluding steroid dienone is 4. The van der Waals surface area contributed by atoms with E-state index in [-0.39, 0.29) is 31.1 Å². The lowest BCUT2D eigenvalue weighted by Crippen LogP contribution is -2.30. The molecule has 0 radical (unpaired) electrons. The van der Waals surface area contributed by atoms with Crippen LogP contribution in [0.3, 0.4) is 0 Å². The van der Waals surface area contributed by atoms with Crippen molar-refractivity contribution in [1.29, 1.82) is 0 Å². The van der Waals surface area contributed by atoms with E-state index in [1.54, 1.807) is 0 Å². The highest BCUT2D eigenvalue weighted by Crippen LogP contribution is 2.18. The van der Waals surface area contributed by atoms with Crippen molar-refractivity contribution in [2.75, 3.05) is 13.2 Å². The third-order valence-corrected chi connectivity index (χ3v) is 14.0. The summed E-state index contributed by atoms with van der Waals surface area (Å²) < 4.78 is 16.7. The van der Waals surface area contributed by atoms with E-state index in [2.05, 4.69) is 45.1 Å². The summed E-state index contributed by atoms with van der Waals surface area (Å²) in [6, 6.07) is 0. The van der Waals surface area contributed by atoms with Gasteiger partial charge in [0.2, 0.25) is 0 Å². The molecule has 0 rings (SSSR count). The number of ether oxygens (including phenoxy) is 3. The highest BCUT2D eigenvalue weighted by Gasteiger charge is 2.19. The molecule has 0 fully saturated rings. The minimum absolute atomic E-state index is 0.0649. The zero-order valence-electron chi connectivity index (χ0n) is 46.6. The number of rotatable bonds is 57. The number of hydrogen-bond acceptors (Lipinski definition) is 6. The van der Waals surface area contributed by atoms with Gasteiger partial charge in [0.25, 0.3) is 0 Å². The van der Waals surface area contributed by atoms with E-state index in [0.717, 1.165) is 64.2 Å². The minimum atomic E-state index is -0.761. The summed E-state index contributed by atoms with van der Waals surface area (Å²) in [4.78, 5) is 37.8. The fraction of sp³-hybridized carbons (Fsp3) is 0.889. The molecule has 0 aliphatic heterocycles. The average molecular weight is 972 g/mol. The molecule has 0 spiro atoms. The predicted octanol–water partition coefficient (Wildman–Crippen LogP) is 20.7. The van der Waals surface area contributed by atoms with Gasteiger partial charge in [0.05, 0.1) is 0 Å². The Morgan fingerprint density at radius 2 is 0.522 bits per heavy atom. The molecule has 6 nitrogen and oxygen atoms in total. The second-order valence-corrected chi connectivity index (χ2v) is 21.0. The van der Waals surface area contributed by atoms with Crippen molar-refractivity contribution in [2.45, 2.75) is 348 Å². The molecule has 0 aromatic carbocycles. The quantitative estimate of drug-likeness (QED) is 0.0261. The zero-order valence-corrected chi connectivity index (χ0v) is 46.6. The first-order valence-corrected chi connectivity index (χ1v) is 30.8. The van der Waals surface area contributed by atoms with Crippen LogP contribution >= 0.6 is 0 Å². The molecule has 0 heterocycles. The van der Waals surface area contributed by atoms with Crippen molar-refractivity contribution in [2.24, 2.45) is 0 Å². The van der Waals surface area contributed by atoms with Gasteiger partial charge in [0.15, 0.2) is 6.10 Å². The van der Waals surface area contributed by atoms with Gasteiger partial charge in [0.1, 0.15) is 13.2 Å². The molecular formula is C63H118O6. The Hall–Kier alpha value is -2.11. The maximum Gasteiger partial charge on any atom is 0.306 e. The first-order chi connectivity index (χ1) is 34.0. The third kappa shape index (κ3) is 56.7. The molecule has 0 N–H and O–H groups in total. The average Bonchev–Trinajstić information content (AvgIpc) is 3.35. The Bertz CT molecular complexity index is 1110. The van der Waals surface area contributed by atoms with Gasteiger partial charge >= 0.3 is 17.9 Å². The standard InChI is InChI=1S/C63H118O6/c1-4-7-10-13-16-18-20-22-23-24-25-26-27-28-29-30-31-32-33-34-35-36-37-38-39-40-41-42-44-45-47-50-53-56-62(65)68-59-60(58-67-61(64)55-52-49-15-12-9-6-3)69-63(66)57-54-51-48-46-43-21-19-17-14-11-8-5-2/h20,22,24-25,60H,4-19,21,23,26-59H2,1-3H3/b22-20-,25-24-. The summed E-state index contributed by atoms with van der Waals surface area (Å²) in [5.74, 6) is -0.856. The highest BCUT2D eigenvalue weighted by atomic mass is 16.6. The summed E-state index contributed by atoms with van der Waals surface area (Å²) in [7, 11) is 0. The van der Waals surface area contributed by atoms with Crippen LogP contribution in [0.15, 0.2) is 24.3 Å². The van der Waals surface area contributed by atoms with Gasteiger partial charge in [0, 0.05) is 19.3 Å². The summed E-state index contributed by atoms with van der Waals surface area (Å²) in [6.45, 7) is 6.61. The molecule has 1 atom stereocenters. The van der Waals surface area contributed by atoms with Crippen LogP contribution in [-0.4, -0.2) is 37.2 Å². The van der Waals surface area contributed by atoms with Crippen LogP contribution < -0.4 is 0 Å². The van der Waals surface area contributed by atoms with Crippen molar-refractivity contribution in [3.63, 3.8) is 0 Å². The van der Waals surface area contributed by atoms with Crippen LogP contribution in [0.5, 0.6) is 0 Å². The third-order valence-electron chi connectivity index (χ3n) is 14.0. The number of carbonyl (C=O) groups is 3. The monoisotopic (exact) mass is 971 g/mol. The summed E-state index contributed by atoms with van der Waals surface area (Å²) in [6.07, 6.45) is 69.5. The predicted molar refractivity (Wildman–Crippen MR) is 298 cm³/mol. The second kappa shape index (κ2) is 58.5. The minimum Gasteiger partial charge on any atom is -0.462 e. The number of carbonyl (C=O) groups excluding carboxylic acids is 3. The topological polar surface area (TPSA) is 78.9 Å². The van der Waals surface area contributed by atoms with Gasteiger partial charge in [-0.15, -0.1) is 0 Å². The van der Waals surface area contributed by atoms with E-state index in [4.69, 9.17) is 14.2 Å². The van der Waals surface area contributed by atoms with Gasteiger partial charge in [-0.05, 0) is 51.4 Å². The molecule has 0 amide bonds. The summed E-state index contributed by atoms with van der Waals surface area (Å²) in [5, 5.41) is 0. The van der Waals surface area contributed by atoms with Gasteiger partial charge in [-0.3, -0.25) is 14.4 Å². The molecule has 0 aliphatic carbocycles. The largest absolute Gasteiger partial charge is 0.462 e. The van der Waals surface area contributed by atoms with Gasteiger partial charge in [-0.1, -0.05) is 295 Å². The molecule has 0 bridgehead atoms.